The third-order valence-corrected chi connectivity index (χ3v) is 10.7. The van der Waals surface area contributed by atoms with E-state index in [2.05, 4.69) is 32.9 Å². The Kier molecular flexibility index (Phi) is 30.8. The highest BCUT2D eigenvalue weighted by Crippen LogP contribution is 2.26. The second-order valence-electron chi connectivity index (χ2n) is 15.0. The molecule has 0 fully saturated rings. The van der Waals surface area contributed by atoms with Gasteiger partial charge in [0.15, 0.2) is 0 Å². The molecule has 0 aliphatic heterocycles. The van der Waals surface area contributed by atoms with E-state index >= 15 is 0 Å². The highest BCUT2D eigenvalue weighted by Gasteiger charge is 2.10. The van der Waals surface area contributed by atoms with E-state index in [4.69, 9.17) is 5.73 Å². The van der Waals surface area contributed by atoms with E-state index in [0.29, 0.717) is 0 Å². The molecule has 2 N–H and O–H groups in total. The number of benzene rings is 1. The number of hydrogen-bond acceptors (Lipinski definition) is 1. The zero-order valence-corrected chi connectivity index (χ0v) is 31.4. The molecule has 0 aliphatic rings. The maximum atomic E-state index is 6.19. The third-order valence-electron chi connectivity index (χ3n) is 10.7. The molecule has 1 aromatic rings. The van der Waals surface area contributed by atoms with Crippen molar-refractivity contribution >= 4 is 5.69 Å². The molecule has 264 valence electrons. The van der Waals surface area contributed by atoms with E-state index in [1.54, 1.807) is 0 Å². The van der Waals surface area contributed by atoms with Gasteiger partial charge in [0.2, 0.25) is 0 Å². The van der Waals surface area contributed by atoms with Gasteiger partial charge < -0.3 is 5.73 Å². The van der Waals surface area contributed by atoms with Gasteiger partial charge in [0.05, 0.1) is 0 Å². The number of unbranched alkanes of at least 4 members (excludes halogenated alkanes) is 27. The maximum Gasteiger partial charge on any atom is 0.0346 e. The van der Waals surface area contributed by atoms with Crippen LogP contribution in [0.3, 0.4) is 0 Å². The van der Waals surface area contributed by atoms with E-state index in [1.165, 1.54) is 229 Å². The van der Waals surface area contributed by atoms with Gasteiger partial charge in [0, 0.05) is 5.69 Å². The molecule has 45 heavy (non-hydrogen) atoms. The zero-order valence-electron chi connectivity index (χ0n) is 31.4. The molecule has 1 rings (SSSR count). The summed E-state index contributed by atoms with van der Waals surface area (Å²) < 4.78 is 0. The molecule has 1 atom stereocenters. The quantitative estimate of drug-likeness (QED) is 0.0589. The van der Waals surface area contributed by atoms with E-state index in [1.807, 2.05) is 6.07 Å². The molecule has 1 nitrogen and oxygen atoms in total. The van der Waals surface area contributed by atoms with E-state index in [-0.39, 0.29) is 0 Å². The van der Waals surface area contributed by atoms with Crippen molar-refractivity contribution in [1.82, 2.24) is 0 Å². The standard InChI is InChI=1S/C44H83N/c1-4-6-8-10-12-14-16-18-19-20-21-22-24-26-28-30-32-36-42(37-33-38-43-39-34-40-44(45)41(43)3)35-31-29-27-25-23-17-15-13-11-9-7-5-2/h34,39-40,42H,4-33,35-38,45H2,1-3H3. The number of rotatable bonds is 35. The zero-order chi connectivity index (χ0) is 32.5. The first-order valence-corrected chi connectivity index (χ1v) is 21.0. The van der Waals surface area contributed by atoms with Gasteiger partial charge in [0.25, 0.3) is 0 Å². The van der Waals surface area contributed by atoms with Crippen molar-refractivity contribution in [3.63, 3.8) is 0 Å². The molecule has 0 amide bonds. The predicted octanol–water partition coefficient (Wildman–Crippen LogP) is 15.6. The number of anilines is 1. The van der Waals surface area contributed by atoms with Crippen LogP contribution in [-0.2, 0) is 6.42 Å². The second kappa shape index (κ2) is 32.9. The number of aryl methyl sites for hydroxylation is 1. The van der Waals surface area contributed by atoms with Crippen molar-refractivity contribution in [3.05, 3.63) is 29.3 Å². The lowest BCUT2D eigenvalue weighted by Gasteiger charge is -2.18. The van der Waals surface area contributed by atoms with Crippen LogP contribution in [0, 0.1) is 12.8 Å². The Morgan fingerprint density at radius 1 is 0.422 bits per heavy atom. The van der Waals surface area contributed by atoms with Gasteiger partial charge in [-0.05, 0) is 42.9 Å². The second-order valence-corrected chi connectivity index (χ2v) is 15.0. The summed E-state index contributed by atoms with van der Waals surface area (Å²) in [6, 6.07) is 6.48. The Bertz CT molecular complexity index is 724. The molecule has 0 spiro atoms. The predicted molar refractivity (Wildman–Crippen MR) is 206 cm³/mol. The van der Waals surface area contributed by atoms with Crippen LogP contribution in [0.4, 0.5) is 5.69 Å². The van der Waals surface area contributed by atoms with Crippen molar-refractivity contribution in [2.75, 3.05) is 5.73 Å². The summed E-state index contributed by atoms with van der Waals surface area (Å²) in [6.07, 6.45) is 49.2. The van der Waals surface area contributed by atoms with Crippen LogP contribution >= 0.6 is 0 Å². The molecule has 0 bridgehead atoms. The maximum absolute atomic E-state index is 6.19. The summed E-state index contributed by atoms with van der Waals surface area (Å²) in [6.45, 7) is 6.82. The summed E-state index contributed by atoms with van der Waals surface area (Å²) in [5.41, 5.74) is 9.93. The van der Waals surface area contributed by atoms with Crippen LogP contribution in [0.5, 0.6) is 0 Å². The highest BCUT2D eigenvalue weighted by molar-refractivity contribution is 5.49. The Balaban J connectivity index is 2.12. The Morgan fingerprint density at radius 3 is 1.09 bits per heavy atom. The molecule has 0 aliphatic carbocycles. The number of hydrogen-bond donors (Lipinski definition) is 1. The summed E-state index contributed by atoms with van der Waals surface area (Å²) in [5, 5.41) is 0. The minimum Gasteiger partial charge on any atom is -0.399 e. The first-order valence-electron chi connectivity index (χ1n) is 21.0. The Hall–Kier alpha value is -0.980. The van der Waals surface area contributed by atoms with Crippen molar-refractivity contribution in [3.8, 4) is 0 Å². The van der Waals surface area contributed by atoms with Crippen LogP contribution in [0.25, 0.3) is 0 Å². The fourth-order valence-electron chi connectivity index (χ4n) is 7.42. The molecular formula is C44H83N. The van der Waals surface area contributed by atoms with Crippen LogP contribution in [0.2, 0.25) is 0 Å². The molecule has 1 unspecified atom stereocenters. The van der Waals surface area contributed by atoms with Crippen molar-refractivity contribution in [2.45, 2.75) is 239 Å². The third kappa shape index (κ3) is 26.7. The lowest BCUT2D eigenvalue weighted by Crippen LogP contribution is -2.03. The molecule has 0 radical (unpaired) electrons. The topological polar surface area (TPSA) is 26.0 Å². The summed E-state index contributed by atoms with van der Waals surface area (Å²) >= 11 is 0. The molecule has 0 aromatic heterocycles. The Morgan fingerprint density at radius 2 is 0.733 bits per heavy atom. The summed E-state index contributed by atoms with van der Waals surface area (Å²) in [5.74, 6) is 0.936. The lowest BCUT2D eigenvalue weighted by molar-refractivity contribution is 0.371. The van der Waals surface area contributed by atoms with Crippen LogP contribution in [0.15, 0.2) is 18.2 Å². The van der Waals surface area contributed by atoms with Gasteiger partial charge in [-0.15, -0.1) is 0 Å². The average molecular weight is 626 g/mol. The van der Waals surface area contributed by atoms with E-state index in [9.17, 15) is 0 Å². The normalized spacial score (nSPS) is 12.2. The molecule has 0 heterocycles. The number of nitrogen functional groups attached to an aromatic ring is 1. The minimum atomic E-state index is 0.936. The number of nitrogens with two attached hydrogens (primary N) is 1. The van der Waals surface area contributed by atoms with Gasteiger partial charge >= 0.3 is 0 Å². The highest BCUT2D eigenvalue weighted by atomic mass is 14.6. The van der Waals surface area contributed by atoms with Gasteiger partial charge in [-0.2, -0.15) is 0 Å². The van der Waals surface area contributed by atoms with Gasteiger partial charge in [-0.1, -0.05) is 231 Å². The molecular weight excluding hydrogens is 542 g/mol. The van der Waals surface area contributed by atoms with Gasteiger partial charge in [-0.3, -0.25) is 0 Å². The van der Waals surface area contributed by atoms with Crippen molar-refractivity contribution < 1.29 is 0 Å². The fourth-order valence-corrected chi connectivity index (χ4v) is 7.42. The summed E-state index contributed by atoms with van der Waals surface area (Å²) in [7, 11) is 0. The van der Waals surface area contributed by atoms with Crippen LogP contribution in [0.1, 0.15) is 237 Å². The van der Waals surface area contributed by atoms with Gasteiger partial charge in [0.1, 0.15) is 0 Å². The van der Waals surface area contributed by atoms with Gasteiger partial charge in [-0.25, -0.2) is 0 Å². The van der Waals surface area contributed by atoms with Crippen molar-refractivity contribution in [2.24, 2.45) is 5.92 Å². The lowest BCUT2D eigenvalue weighted by atomic mass is 9.88. The SMILES string of the molecule is CCCCCCCCCCCCCCCCCCCC(CCCCCCCCCCCCCC)CCCc1cccc(N)c1C. The first-order chi connectivity index (χ1) is 22.2. The molecule has 0 saturated heterocycles. The fraction of sp³-hybridized carbons (Fsp3) is 0.864. The smallest absolute Gasteiger partial charge is 0.0346 e. The summed E-state index contributed by atoms with van der Waals surface area (Å²) in [4.78, 5) is 0. The molecule has 1 aromatic carbocycles. The van der Waals surface area contributed by atoms with E-state index < -0.39 is 0 Å². The van der Waals surface area contributed by atoms with E-state index in [0.717, 1.165) is 11.6 Å². The average Bonchev–Trinajstić information content (AvgIpc) is 3.04. The molecule has 0 saturated carbocycles. The monoisotopic (exact) mass is 626 g/mol. The molecule has 1 heteroatoms. The largest absolute Gasteiger partial charge is 0.399 e. The Labute approximate surface area is 285 Å². The van der Waals surface area contributed by atoms with Crippen LogP contribution < -0.4 is 5.73 Å². The first kappa shape index (κ1) is 42.0. The minimum absolute atomic E-state index is 0.936. The van der Waals surface area contributed by atoms with Crippen LogP contribution in [-0.4, -0.2) is 0 Å². The van der Waals surface area contributed by atoms with Crippen molar-refractivity contribution in [1.29, 1.82) is 0 Å².